The number of nitrogens with zero attached hydrogens (tertiary/aromatic N) is 1. The fourth-order valence-corrected chi connectivity index (χ4v) is 3.94. The number of carbonyl (C=O) groups is 1. The standard InChI is InChI=1S/C16H29NO3/c1-20-12-14-7-6-10-17(11-14)13-16(15(18)19)8-4-2-3-5-9-16/h14H,2-13H2,1H3,(H,18,19). The molecule has 1 saturated carbocycles. The molecular weight excluding hydrogens is 254 g/mol. The number of carboxylic acid groups (broad SMARTS) is 1. The van der Waals surface area contributed by atoms with Gasteiger partial charge in [-0.15, -0.1) is 0 Å². The summed E-state index contributed by atoms with van der Waals surface area (Å²) in [5.74, 6) is -0.00126. The van der Waals surface area contributed by atoms with Gasteiger partial charge in [0.1, 0.15) is 0 Å². The lowest BCUT2D eigenvalue weighted by molar-refractivity contribution is -0.151. The maximum atomic E-state index is 11.9. The zero-order chi connectivity index (χ0) is 14.4. The zero-order valence-corrected chi connectivity index (χ0v) is 12.8. The Morgan fingerprint density at radius 1 is 1.25 bits per heavy atom. The van der Waals surface area contributed by atoms with Crippen molar-refractivity contribution in [2.45, 2.75) is 51.4 Å². The third-order valence-electron chi connectivity index (χ3n) is 5.05. The average Bonchev–Trinajstić information content (AvgIpc) is 2.66. The molecule has 1 unspecified atom stereocenters. The Hall–Kier alpha value is -0.610. The van der Waals surface area contributed by atoms with E-state index in [0.717, 1.165) is 51.9 Å². The summed E-state index contributed by atoms with van der Waals surface area (Å²) < 4.78 is 5.27. The Kier molecular flexibility index (Phi) is 5.85. The highest BCUT2D eigenvalue weighted by atomic mass is 16.5. The van der Waals surface area contributed by atoms with Gasteiger partial charge in [-0.25, -0.2) is 0 Å². The lowest BCUT2D eigenvalue weighted by atomic mass is 9.79. The Morgan fingerprint density at radius 3 is 2.55 bits per heavy atom. The van der Waals surface area contributed by atoms with Crippen LogP contribution in [0, 0.1) is 11.3 Å². The zero-order valence-electron chi connectivity index (χ0n) is 12.8. The average molecular weight is 283 g/mol. The Labute approximate surface area is 122 Å². The molecule has 20 heavy (non-hydrogen) atoms. The number of rotatable bonds is 5. The first-order valence-corrected chi connectivity index (χ1v) is 8.11. The maximum Gasteiger partial charge on any atom is 0.310 e. The molecule has 2 fully saturated rings. The molecule has 1 heterocycles. The second-order valence-electron chi connectivity index (χ2n) is 6.70. The maximum absolute atomic E-state index is 11.9. The van der Waals surface area contributed by atoms with Crippen molar-refractivity contribution in [3.63, 3.8) is 0 Å². The molecule has 1 aliphatic carbocycles. The number of hydrogen-bond donors (Lipinski definition) is 1. The summed E-state index contributed by atoms with van der Waals surface area (Å²) in [6.07, 6.45) is 8.63. The molecule has 0 aromatic rings. The molecule has 116 valence electrons. The third kappa shape index (κ3) is 3.95. The monoisotopic (exact) mass is 283 g/mol. The molecule has 0 aromatic heterocycles. The van der Waals surface area contributed by atoms with E-state index in [-0.39, 0.29) is 0 Å². The predicted molar refractivity (Wildman–Crippen MR) is 78.8 cm³/mol. The normalized spacial score (nSPS) is 27.9. The van der Waals surface area contributed by atoms with Crippen LogP contribution < -0.4 is 0 Å². The van der Waals surface area contributed by atoms with Gasteiger partial charge in [0.05, 0.1) is 12.0 Å². The van der Waals surface area contributed by atoms with Gasteiger partial charge in [0.25, 0.3) is 0 Å². The van der Waals surface area contributed by atoms with E-state index in [1.54, 1.807) is 7.11 Å². The van der Waals surface area contributed by atoms with Crippen molar-refractivity contribution >= 4 is 5.97 Å². The number of aliphatic carboxylic acids is 1. The summed E-state index contributed by atoms with van der Waals surface area (Å²) in [5, 5.41) is 9.76. The molecule has 0 spiro atoms. The molecule has 1 N–H and O–H groups in total. The first kappa shape index (κ1) is 15.8. The van der Waals surface area contributed by atoms with E-state index in [4.69, 9.17) is 4.74 Å². The SMILES string of the molecule is COCC1CCCN(CC2(C(=O)O)CCCCCC2)C1. The van der Waals surface area contributed by atoms with Crippen LogP contribution in [0.5, 0.6) is 0 Å². The van der Waals surface area contributed by atoms with E-state index < -0.39 is 11.4 Å². The van der Waals surface area contributed by atoms with Gasteiger partial charge < -0.3 is 14.7 Å². The second kappa shape index (κ2) is 7.41. The van der Waals surface area contributed by atoms with Crippen molar-refractivity contribution in [2.24, 2.45) is 11.3 Å². The molecule has 1 aliphatic heterocycles. The van der Waals surface area contributed by atoms with Crippen LogP contribution in [0.4, 0.5) is 0 Å². The summed E-state index contributed by atoms with van der Waals surface area (Å²) in [5.41, 5.74) is -0.495. The van der Waals surface area contributed by atoms with E-state index in [9.17, 15) is 9.90 Å². The van der Waals surface area contributed by atoms with Crippen molar-refractivity contribution < 1.29 is 14.6 Å². The molecule has 1 atom stereocenters. The smallest absolute Gasteiger partial charge is 0.310 e. The highest BCUT2D eigenvalue weighted by Gasteiger charge is 2.40. The fraction of sp³-hybridized carbons (Fsp3) is 0.938. The summed E-state index contributed by atoms with van der Waals surface area (Å²) in [6, 6.07) is 0. The fourth-order valence-electron chi connectivity index (χ4n) is 3.94. The topological polar surface area (TPSA) is 49.8 Å². The molecule has 0 bridgehead atoms. The number of carboxylic acids is 1. The highest BCUT2D eigenvalue weighted by Crippen LogP contribution is 2.37. The highest BCUT2D eigenvalue weighted by molar-refractivity contribution is 5.75. The van der Waals surface area contributed by atoms with Crippen molar-refractivity contribution in [1.82, 2.24) is 4.90 Å². The summed E-state index contributed by atoms with van der Waals surface area (Å²) in [4.78, 5) is 14.2. The molecular formula is C16H29NO3. The summed E-state index contributed by atoms with van der Waals surface area (Å²) in [6.45, 7) is 3.59. The van der Waals surface area contributed by atoms with E-state index in [1.165, 1.54) is 25.7 Å². The van der Waals surface area contributed by atoms with Crippen molar-refractivity contribution in [2.75, 3.05) is 33.4 Å². The van der Waals surface area contributed by atoms with E-state index >= 15 is 0 Å². The van der Waals surface area contributed by atoms with Crippen LogP contribution in [0.3, 0.4) is 0 Å². The minimum atomic E-state index is -0.576. The van der Waals surface area contributed by atoms with Crippen LogP contribution in [0.1, 0.15) is 51.4 Å². The minimum absolute atomic E-state index is 0.495. The molecule has 0 aromatic carbocycles. The number of piperidine rings is 1. The lowest BCUT2D eigenvalue weighted by Gasteiger charge is -2.39. The van der Waals surface area contributed by atoms with Gasteiger partial charge in [0, 0.05) is 20.2 Å². The first-order valence-electron chi connectivity index (χ1n) is 8.11. The van der Waals surface area contributed by atoms with Crippen molar-refractivity contribution in [3.8, 4) is 0 Å². The molecule has 2 rings (SSSR count). The van der Waals surface area contributed by atoms with Gasteiger partial charge in [-0.1, -0.05) is 25.7 Å². The largest absolute Gasteiger partial charge is 0.481 e. The quantitative estimate of drug-likeness (QED) is 0.788. The van der Waals surface area contributed by atoms with E-state index in [2.05, 4.69) is 4.90 Å². The van der Waals surface area contributed by atoms with Gasteiger partial charge in [0.2, 0.25) is 0 Å². The number of hydrogen-bond acceptors (Lipinski definition) is 3. The second-order valence-corrected chi connectivity index (χ2v) is 6.70. The van der Waals surface area contributed by atoms with Gasteiger partial charge in [0.15, 0.2) is 0 Å². The van der Waals surface area contributed by atoms with Gasteiger partial charge in [-0.2, -0.15) is 0 Å². The Morgan fingerprint density at radius 2 is 1.95 bits per heavy atom. The molecule has 0 amide bonds. The van der Waals surface area contributed by atoms with Gasteiger partial charge in [-0.05, 0) is 38.1 Å². The van der Waals surface area contributed by atoms with Gasteiger partial charge >= 0.3 is 5.97 Å². The van der Waals surface area contributed by atoms with Crippen molar-refractivity contribution in [1.29, 1.82) is 0 Å². The molecule has 2 aliphatic rings. The number of ether oxygens (including phenoxy) is 1. The molecule has 0 radical (unpaired) electrons. The van der Waals surface area contributed by atoms with Crippen LogP contribution in [-0.4, -0.2) is 49.3 Å². The summed E-state index contributed by atoms with van der Waals surface area (Å²) in [7, 11) is 1.75. The number of methoxy groups -OCH3 is 1. The molecule has 4 nitrogen and oxygen atoms in total. The van der Waals surface area contributed by atoms with Crippen molar-refractivity contribution in [3.05, 3.63) is 0 Å². The van der Waals surface area contributed by atoms with E-state index in [0.29, 0.717) is 5.92 Å². The van der Waals surface area contributed by atoms with Gasteiger partial charge in [-0.3, -0.25) is 4.79 Å². The van der Waals surface area contributed by atoms with Crippen LogP contribution in [0.2, 0.25) is 0 Å². The Balaban J connectivity index is 1.98. The first-order chi connectivity index (χ1) is 9.66. The van der Waals surface area contributed by atoms with Crippen LogP contribution in [0.15, 0.2) is 0 Å². The van der Waals surface area contributed by atoms with Crippen LogP contribution >= 0.6 is 0 Å². The molecule has 1 saturated heterocycles. The molecule has 4 heteroatoms. The number of likely N-dealkylation sites (tertiary alicyclic amines) is 1. The van der Waals surface area contributed by atoms with E-state index in [1.807, 2.05) is 0 Å². The van der Waals surface area contributed by atoms with Crippen LogP contribution in [0.25, 0.3) is 0 Å². The minimum Gasteiger partial charge on any atom is -0.481 e. The summed E-state index contributed by atoms with van der Waals surface area (Å²) >= 11 is 0. The lowest BCUT2D eigenvalue weighted by Crippen LogP contribution is -2.47. The van der Waals surface area contributed by atoms with Crippen LogP contribution in [-0.2, 0) is 9.53 Å². The Bertz CT molecular complexity index is 309. The predicted octanol–water partition coefficient (Wildman–Crippen LogP) is 2.77. The third-order valence-corrected chi connectivity index (χ3v) is 5.05.